The van der Waals surface area contributed by atoms with Crippen LogP contribution in [0.3, 0.4) is 0 Å². The number of allylic oxidation sites excluding steroid dienone is 4. The molecule has 0 N–H and O–H groups in total. The van der Waals surface area contributed by atoms with Crippen molar-refractivity contribution in [1.29, 1.82) is 0 Å². The average Bonchev–Trinajstić information content (AvgIpc) is 3.31. The van der Waals surface area contributed by atoms with Gasteiger partial charge in [-0.15, -0.1) is 0 Å². The third-order valence-corrected chi connectivity index (χ3v) is 6.69. The number of ketones is 1. The molecule has 0 fully saturated rings. The largest absolute Gasteiger partial charge is 0.289 e. The van der Waals surface area contributed by atoms with Crippen LogP contribution in [0.25, 0.3) is 22.3 Å². The Kier molecular flexibility index (Phi) is 6.37. The molecule has 1 aliphatic rings. The fourth-order valence-corrected chi connectivity index (χ4v) is 4.93. The molecule has 0 heterocycles. The van der Waals surface area contributed by atoms with E-state index in [0.717, 1.165) is 55.7 Å². The molecule has 0 saturated carbocycles. The summed E-state index contributed by atoms with van der Waals surface area (Å²) in [6.07, 6.45) is 0. The van der Waals surface area contributed by atoms with E-state index in [1.807, 2.05) is 121 Å². The van der Waals surface area contributed by atoms with Crippen LogP contribution < -0.4 is 0 Å². The zero-order chi connectivity index (χ0) is 25.7. The van der Waals surface area contributed by atoms with Crippen molar-refractivity contribution in [2.24, 2.45) is 0 Å². The smallest absolute Gasteiger partial charge is 0.195 e. The van der Waals surface area contributed by atoms with Crippen LogP contribution in [0.2, 0.25) is 0 Å². The number of carbonyl (C=O) groups is 1. The van der Waals surface area contributed by atoms with E-state index in [0.29, 0.717) is 0 Å². The summed E-state index contributed by atoms with van der Waals surface area (Å²) in [6, 6.07) is 48.4. The molecule has 1 heteroatoms. The van der Waals surface area contributed by atoms with Crippen molar-refractivity contribution < 1.29 is 4.79 Å². The van der Waals surface area contributed by atoms with E-state index in [1.54, 1.807) is 0 Å². The first-order valence-electron chi connectivity index (χ1n) is 12.7. The van der Waals surface area contributed by atoms with Gasteiger partial charge >= 0.3 is 0 Å². The Morgan fingerprint density at radius 3 is 1.05 bits per heavy atom. The number of hydrogen-bond donors (Lipinski definition) is 0. The van der Waals surface area contributed by atoms with Crippen LogP contribution in [-0.4, -0.2) is 5.78 Å². The molecule has 38 heavy (non-hydrogen) atoms. The third-order valence-electron chi connectivity index (χ3n) is 6.69. The van der Waals surface area contributed by atoms with Crippen molar-refractivity contribution in [2.75, 3.05) is 0 Å². The Balaban J connectivity index is 1.55. The van der Waals surface area contributed by atoms with Gasteiger partial charge in [0.15, 0.2) is 5.78 Å². The highest BCUT2D eigenvalue weighted by molar-refractivity contribution is 6.59. The second-order valence-corrected chi connectivity index (χ2v) is 9.12. The Morgan fingerprint density at radius 2 is 0.632 bits per heavy atom. The number of carbonyl (C=O) groups excluding carboxylic acids is 1. The SMILES string of the molecule is O=C1C(c2ccccc2)=C(c2ccccc2)C(c2ccc(C#Cc3ccccc3)cc2)=C1c1ccccc1. The van der Waals surface area contributed by atoms with Crippen LogP contribution in [0, 0.1) is 11.8 Å². The minimum atomic E-state index is 0.0456. The normalized spacial score (nSPS) is 12.9. The van der Waals surface area contributed by atoms with E-state index < -0.39 is 0 Å². The van der Waals surface area contributed by atoms with E-state index in [-0.39, 0.29) is 5.78 Å². The maximum Gasteiger partial charge on any atom is 0.195 e. The average molecular weight is 485 g/mol. The van der Waals surface area contributed by atoms with Crippen molar-refractivity contribution in [2.45, 2.75) is 0 Å². The summed E-state index contributed by atoms with van der Waals surface area (Å²) < 4.78 is 0. The van der Waals surface area contributed by atoms with Gasteiger partial charge in [0.25, 0.3) is 0 Å². The van der Waals surface area contributed by atoms with E-state index >= 15 is 0 Å². The van der Waals surface area contributed by atoms with Gasteiger partial charge in [-0.2, -0.15) is 0 Å². The van der Waals surface area contributed by atoms with Gasteiger partial charge in [0.1, 0.15) is 0 Å². The van der Waals surface area contributed by atoms with Gasteiger partial charge in [-0.25, -0.2) is 0 Å². The van der Waals surface area contributed by atoms with Crippen molar-refractivity contribution in [3.05, 3.63) is 179 Å². The van der Waals surface area contributed by atoms with E-state index in [2.05, 4.69) is 36.1 Å². The molecule has 178 valence electrons. The Bertz CT molecular complexity index is 1710. The van der Waals surface area contributed by atoms with Crippen molar-refractivity contribution in [3.63, 3.8) is 0 Å². The van der Waals surface area contributed by atoms with Gasteiger partial charge in [-0.05, 0) is 46.5 Å². The summed E-state index contributed by atoms with van der Waals surface area (Å²) in [5.41, 5.74) is 9.14. The number of rotatable bonds is 4. The lowest BCUT2D eigenvalue weighted by molar-refractivity contribution is -0.108. The molecule has 5 aromatic carbocycles. The van der Waals surface area contributed by atoms with Crippen molar-refractivity contribution in [3.8, 4) is 11.8 Å². The minimum absolute atomic E-state index is 0.0456. The first-order chi connectivity index (χ1) is 18.8. The van der Waals surface area contributed by atoms with Crippen LogP contribution in [-0.2, 0) is 4.79 Å². The van der Waals surface area contributed by atoms with E-state index in [4.69, 9.17) is 0 Å². The van der Waals surface area contributed by atoms with Crippen LogP contribution in [0.15, 0.2) is 146 Å². The molecule has 1 nitrogen and oxygen atoms in total. The van der Waals surface area contributed by atoms with Crippen LogP contribution in [0.4, 0.5) is 0 Å². The molecule has 0 saturated heterocycles. The predicted octanol–water partition coefficient (Wildman–Crippen LogP) is 8.19. The fourth-order valence-electron chi connectivity index (χ4n) is 4.93. The van der Waals surface area contributed by atoms with Crippen molar-refractivity contribution in [1.82, 2.24) is 0 Å². The molecule has 0 amide bonds. The first kappa shape index (κ1) is 23.2. The lowest BCUT2D eigenvalue weighted by atomic mass is 9.89. The minimum Gasteiger partial charge on any atom is -0.289 e. The van der Waals surface area contributed by atoms with Gasteiger partial charge in [0.2, 0.25) is 0 Å². The molecule has 0 bridgehead atoms. The quantitative estimate of drug-likeness (QED) is 0.235. The molecule has 0 unspecified atom stereocenters. The third kappa shape index (κ3) is 4.52. The molecule has 6 rings (SSSR count). The van der Waals surface area contributed by atoms with Gasteiger partial charge in [0.05, 0.1) is 0 Å². The van der Waals surface area contributed by atoms with Gasteiger partial charge in [-0.3, -0.25) is 4.79 Å². The number of hydrogen-bond acceptors (Lipinski definition) is 1. The summed E-state index contributed by atoms with van der Waals surface area (Å²) in [6.45, 7) is 0. The standard InChI is InChI=1S/C37H24O/c38-37-35(30-17-9-3-10-18-30)33(29-15-7-2-8-16-29)34(36(37)31-19-11-4-12-20-31)32-25-23-28(24-26-32)22-21-27-13-5-1-6-14-27/h1-20,23-26H. The Morgan fingerprint density at radius 1 is 0.316 bits per heavy atom. The van der Waals surface area contributed by atoms with Gasteiger partial charge < -0.3 is 0 Å². The summed E-state index contributed by atoms with van der Waals surface area (Å²) in [4.78, 5) is 14.3. The lowest BCUT2D eigenvalue weighted by Crippen LogP contribution is -2.01. The highest BCUT2D eigenvalue weighted by atomic mass is 16.1. The Labute approximate surface area is 223 Å². The summed E-state index contributed by atoms with van der Waals surface area (Å²) >= 11 is 0. The van der Waals surface area contributed by atoms with Gasteiger partial charge in [-0.1, -0.05) is 133 Å². The number of Topliss-reactive ketones (excluding diaryl/α,β-unsaturated/α-hetero) is 1. The fraction of sp³-hybridized carbons (Fsp3) is 0. The molecule has 0 atom stereocenters. The Hall–Kier alpha value is -5.19. The van der Waals surface area contributed by atoms with E-state index in [9.17, 15) is 4.79 Å². The molecule has 1 aliphatic carbocycles. The highest BCUT2D eigenvalue weighted by Crippen LogP contribution is 2.49. The number of benzene rings is 5. The van der Waals surface area contributed by atoms with Crippen molar-refractivity contribution >= 4 is 28.1 Å². The second-order valence-electron chi connectivity index (χ2n) is 9.12. The van der Waals surface area contributed by atoms with E-state index in [1.165, 1.54) is 0 Å². The van der Waals surface area contributed by atoms with Crippen LogP contribution >= 0.6 is 0 Å². The highest BCUT2D eigenvalue weighted by Gasteiger charge is 2.35. The van der Waals surface area contributed by atoms with Crippen LogP contribution in [0.5, 0.6) is 0 Å². The molecule has 5 aromatic rings. The maximum atomic E-state index is 14.3. The summed E-state index contributed by atoms with van der Waals surface area (Å²) in [5, 5.41) is 0. The summed E-state index contributed by atoms with van der Waals surface area (Å²) in [5.74, 6) is 6.54. The topological polar surface area (TPSA) is 17.1 Å². The van der Waals surface area contributed by atoms with Crippen LogP contribution in [0.1, 0.15) is 33.4 Å². The molecular weight excluding hydrogens is 460 g/mol. The second kappa shape index (κ2) is 10.4. The predicted molar refractivity (Wildman–Crippen MR) is 157 cm³/mol. The molecular formula is C37H24O. The monoisotopic (exact) mass is 484 g/mol. The zero-order valence-electron chi connectivity index (χ0n) is 20.8. The lowest BCUT2D eigenvalue weighted by Gasteiger charge is -2.13. The molecule has 0 aliphatic heterocycles. The summed E-state index contributed by atoms with van der Waals surface area (Å²) in [7, 11) is 0. The molecule has 0 aromatic heterocycles. The maximum absolute atomic E-state index is 14.3. The zero-order valence-corrected chi connectivity index (χ0v) is 20.8. The molecule has 0 spiro atoms. The molecule has 0 radical (unpaired) electrons. The van der Waals surface area contributed by atoms with Gasteiger partial charge in [0, 0.05) is 33.4 Å². The first-order valence-corrected chi connectivity index (χ1v) is 12.7.